The smallest absolute Gasteiger partial charge is 0.224 e. The van der Waals surface area contributed by atoms with Crippen molar-refractivity contribution in [1.82, 2.24) is 9.80 Å². The first-order valence-electron chi connectivity index (χ1n) is 9.35. The van der Waals surface area contributed by atoms with Crippen LogP contribution in [0.15, 0.2) is 24.3 Å². The second-order valence-corrected chi connectivity index (χ2v) is 7.05. The lowest BCUT2D eigenvalue weighted by molar-refractivity contribution is -0.132. The van der Waals surface area contributed by atoms with Crippen molar-refractivity contribution >= 4 is 5.91 Å². The molecular weight excluding hydrogens is 319 g/mol. The topological polar surface area (TPSA) is 32.8 Å². The van der Waals surface area contributed by atoms with Crippen LogP contribution in [-0.4, -0.2) is 54.6 Å². The van der Waals surface area contributed by atoms with Crippen LogP contribution in [0.2, 0.25) is 0 Å². The molecule has 1 aliphatic rings. The third kappa shape index (κ3) is 6.08. The van der Waals surface area contributed by atoms with E-state index in [0.29, 0.717) is 31.6 Å². The van der Waals surface area contributed by atoms with Crippen molar-refractivity contribution in [2.45, 2.75) is 46.2 Å². The fraction of sp³-hybridized carbons (Fsp3) is 0.650. The lowest BCUT2D eigenvalue weighted by Crippen LogP contribution is -2.45. The number of benzene rings is 1. The Morgan fingerprint density at radius 2 is 2.00 bits per heavy atom. The van der Waals surface area contributed by atoms with Crippen LogP contribution < -0.4 is 0 Å². The molecule has 0 radical (unpaired) electrons. The molecule has 0 spiro atoms. The Bertz CT molecular complexity index is 533. The molecule has 0 aromatic heterocycles. The summed E-state index contributed by atoms with van der Waals surface area (Å²) in [6.07, 6.45) is 1.42. The van der Waals surface area contributed by atoms with Gasteiger partial charge < -0.3 is 9.64 Å². The third-order valence-corrected chi connectivity index (χ3v) is 4.84. The number of carbonyl (C=O) groups is 1. The molecule has 1 aliphatic heterocycles. The Kier molecular flexibility index (Phi) is 7.85. The third-order valence-electron chi connectivity index (χ3n) is 4.84. The van der Waals surface area contributed by atoms with Crippen LogP contribution >= 0.6 is 0 Å². The van der Waals surface area contributed by atoms with Crippen LogP contribution in [0.5, 0.6) is 0 Å². The summed E-state index contributed by atoms with van der Waals surface area (Å²) in [5, 5.41) is 0. The first-order valence-corrected chi connectivity index (χ1v) is 9.35. The molecule has 0 aliphatic carbocycles. The Labute approximate surface area is 150 Å². The van der Waals surface area contributed by atoms with Crippen LogP contribution in [0.4, 0.5) is 4.39 Å². The number of nitrogens with zero attached hydrogens (tertiary/aromatic N) is 2. The van der Waals surface area contributed by atoms with Crippen LogP contribution in [0.25, 0.3) is 0 Å². The number of hydrogen-bond donors (Lipinski definition) is 0. The molecule has 0 saturated carbocycles. The van der Waals surface area contributed by atoms with Crippen molar-refractivity contribution in [3.63, 3.8) is 0 Å². The minimum absolute atomic E-state index is 0.183. The number of ether oxygens (including phenoxy) is 1. The van der Waals surface area contributed by atoms with Gasteiger partial charge in [0.2, 0.25) is 5.91 Å². The minimum Gasteiger partial charge on any atom is -0.381 e. The van der Waals surface area contributed by atoms with E-state index in [1.807, 2.05) is 24.0 Å². The van der Waals surface area contributed by atoms with E-state index in [0.717, 1.165) is 38.2 Å². The Morgan fingerprint density at radius 3 is 2.64 bits per heavy atom. The molecule has 0 unspecified atom stereocenters. The van der Waals surface area contributed by atoms with Crippen molar-refractivity contribution < 1.29 is 13.9 Å². The molecule has 0 bridgehead atoms. The Morgan fingerprint density at radius 1 is 1.28 bits per heavy atom. The summed E-state index contributed by atoms with van der Waals surface area (Å²) in [5.74, 6) is 0.426. The largest absolute Gasteiger partial charge is 0.381 e. The van der Waals surface area contributed by atoms with E-state index in [-0.39, 0.29) is 11.7 Å². The first-order chi connectivity index (χ1) is 12.0. The van der Waals surface area contributed by atoms with Gasteiger partial charge in [-0.2, -0.15) is 0 Å². The molecule has 4 nitrogen and oxygen atoms in total. The van der Waals surface area contributed by atoms with Crippen molar-refractivity contribution in [2.75, 3.05) is 32.8 Å². The number of carbonyl (C=O) groups excluding carboxylic acids is 1. The second kappa shape index (κ2) is 9.88. The standard InChI is InChI=1S/C20H31FN2O2/c1-4-25-13-10-20(24)23-12-5-11-22(19(15-23)16(2)3)14-17-6-8-18(21)9-7-17/h6-9,16,19H,4-5,10-15H2,1-3H3/t19-/m0/s1. The summed E-state index contributed by atoms with van der Waals surface area (Å²) in [7, 11) is 0. The number of hydrogen-bond acceptors (Lipinski definition) is 3. The fourth-order valence-corrected chi connectivity index (χ4v) is 3.40. The molecule has 5 heteroatoms. The van der Waals surface area contributed by atoms with Gasteiger partial charge in [-0.15, -0.1) is 0 Å². The van der Waals surface area contributed by atoms with E-state index < -0.39 is 0 Å². The number of rotatable bonds is 7. The lowest BCUT2D eigenvalue weighted by Gasteiger charge is -2.34. The SMILES string of the molecule is CCOCCC(=O)N1CCCN(Cc2ccc(F)cc2)[C@H](C(C)C)C1. The lowest BCUT2D eigenvalue weighted by atomic mass is 10.0. The molecule has 25 heavy (non-hydrogen) atoms. The summed E-state index contributed by atoms with van der Waals surface area (Å²) in [5.41, 5.74) is 1.11. The van der Waals surface area contributed by atoms with E-state index in [1.165, 1.54) is 12.1 Å². The molecule has 1 aromatic carbocycles. The molecule has 1 atom stereocenters. The number of halogens is 1. The van der Waals surface area contributed by atoms with E-state index in [4.69, 9.17) is 4.74 Å². The maximum atomic E-state index is 13.1. The Hall–Kier alpha value is -1.46. The van der Waals surface area contributed by atoms with Crippen molar-refractivity contribution in [3.05, 3.63) is 35.6 Å². The molecule has 1 heterocycles. The van der Waals surface area contributed by atoms with Gasteiger partial charge in [-0.1, -0.05) is 26.0 Å². The van der Waals surface area contributed by atoms with Crippen molar-refractivity contribution in [2.24, 2.45) is 5.92 Å². The highest BCUT2D eigenvalue weighted by atomic mass is 19.1. The second-order valence-electron chi connectivity index (χ2n) is 7.05. The molecule has 140 valence electrons. The van der Waals surface area contributed by atoms with Crippen molar-refractivity contribution in [3.8, 4) is 0 Å². The maximum Gasteiger partial charge on any atom is 0.224 e. The maximum absolute atomic E-state index is 13.1. The van der Waals surface area contributed by atoms with Gasteiger partial charge in [-0.05, 0) is 37.0 Å². The van der Waals surface area contributed by atoms with Gasteiger partial charge >= 0.3 is 0 Å². The predicted molar refractivity (Wildman–Crippen MR) is 97.7 cm³/mol. The quantitative estimate of drug-likeness (QED) is 0.707. The molecule has 1 saturated heterocycles. The van der Waals surface area contributed by atoms with Crippen molar-refractivity contribution in [1.29, 1.82) is 0 Å². The first kappa shape index (κ1) is 19.9. The fourth-order valence-electron chi connectivity index (χ4n) is 3.40. The highest BCUT2D eigenvalue weighted by molar-refractivity contribution is 5.76. The Balaban J connectivity index is 2.01. The van der Waals surface area contributed by atoms with Gasteiger partial charge in [0.15, 0.2) is 0 Å². The molecule has 1 fully saturated rings. The predicted octanol–water partition coefficient (Wildman–Crippen LogP) is 3.31. The molecule has 0 N–H and O–H groups in total. The summed E-state index contributed by atoms with van der Waals surface area (Å²) < 4.78 is 18.5. The van der Waals surface area contributed by atoms with Crippen LogP contribution in [0, 0.1) is 11.7 Å². The highest BCUT2D eigenvalue weighted by Gasteiger charge is 2.29. The highest BCUT2D eigenvalue weighted by Crippen LogP contribution is 2.20. The average molecular weight is 350 g/mol. The molecule has 1 amide bonds. The summed E-state index contributed by atoms with van der Waals surface area (Å²) in [6.45, 7) is 10.8. The van der Waals surface area contributed by atoms with Gasteiger partial charge in [0.05, 0.1) is 13.0 Å². The van der Waals surface area contributed by atoms with Gasteiger partial charge in [0.1, 0.15) is 5.82 Å². The van der Waals surface area contributed by atoms with E-state index in [2.05, 4.69) is 18.7 Å². The molecule has 1 aromatic rings. The van der Waals surface area contributed by atoms with Crippen LogP contribution in [0.1, 0.15) is 39.2 Å². The van der Waals surface area contributed by atoms with Crippen LogP contribution in [-0.2, 0) is 16.1 Å². The van der Waals surface area contributed by atoms with Gasteiger partial charge in [-0.25, -0.2) is 4.39 Å². The summed E-state index contributed by atoms with van der Waals surface area (Å²) >= 11 is 0. The average Bonchev–Trinajstić information content (AvgIpc) is 2.80. The zero-order valence-corrected chi connectivity index (χ0v) is 15.7. The van der Waals surface area contributed by atoms with Crippen LogP contribution in [0.3, 0.4) is 0 Å². The van der Waals surface area contributed by atoms with Gasteiger partial charge in [-0.3, -0.25) is 9.69 Å². The van der Waals surface area contributed by atoms with Gasteiger partial charge in [0.25, 0.3) is 0 Å². The molecule has 2 rings (SSSR count). The number of amides is 1. The zero-order valence-electron chi connectivity index (χ0n) is 15.7. The van der Waals surface area contributed by atoms with E-state index in [9.17, 15) is 9.18 Å². The normalized spacial score (nSPS) is 19.2. The van der Waals surface area contributed by atoms with E-state index in [1.54, 1.807) is 0 Å². The van der Waals surface area contributed by atoms with Gasteiger partial charge in [0, 0.05) is 38.8 Å². The summed E-state index contributed by atoms with van der Waals surface area (Å²) in [4.78, 5) is 16.9. The monoisotopic (exact) mass is 350 g/mol. The van der Waals surface area contributed by atoms with E-state index >= 15 is 0 Å². The summed E-state index contributed by atoms with van der Waals surface area (Å²) in [6, 6.07) is 7.04. The molecular formula is C20H31FN2O2. The minimum atomic E-state index is -0.203. The zero-order chi connectivity index (χ0) is 18.2.